The van der Waals surface area contributed by atoms with E-state index >= 15 is 0 Å². The summed E-state index contributed by atoms with van der Waals surface area (Å²) in [5, 5.41) is 9.28. The molecule has 0 aliphatic heterocycles. The number of fused-ring (bicyclic) bond motifs is 3. The Labute approximate surface area is 180 Å². The Morgan fingerprint density at radius 2 is 1.70 bits per heavy atom. The van der Waals surface area contributed by atoms with Crippen molar-refractivity contribution in [1.29, 1.82) is 0 Å². The average molecular weight is 412 g/mol. The van der Waals surface area contributed by atoms with Crippen molar-refractivity contribution in [2.24, 2.45) is 0 Å². The molecule has 148 valence electrons. The molecule has 5 heteroatoms. The number of rotatable bonds is 6. The largest absolute Gasteiger partial charge is 0.302 e. The van der Waals surface area contributed by atoms with Gasteiger partial charge in [0.15, 0.2) is 10.9 Å². The molecule has 0 fully saturated rings. The maximum atomic E-state index is 12.9. The molecule has 4 nitrogen and oxygen atoms in total. The highest BCUT2D eigenvalue weighted by molar-refractivity contribution is 7.99. The number of ketones is 1. The van der Waals surface area contributed by atoms with E-state index < -0.39 is 0 Å². The standard InChI is InChI=1S/C25H21N3OS/c1-17-26-27-25(28(17)15-18-7-3-2-4-8-18)30-16-24(29)21-12-11-20-13-19-9-5-6-10-22(19)23(20)14-21/h2-12,14H,13,15-16H2,1H3. The molecule has 0 saturated carbocycles. The van der Waals surface area contributed by atoms with Crippen molar-refractivity contribution in [2.45, 2.75) is 25.0 Å². The van der Waals surface area contributed by atoms with Crippen LogP contribution in [0.3, 0.4) is 0 Å². The molecule has 0 spiro atoms. The summed E-state index contributed by atoms with van der Waals surface area (Å²) in [5.74, 6) is 1.30. The lowest BCUT2D eigenvalue weighted by atomic mass is 10.0. The third-order valence-corrected chi connectivity index (χ3v) is 6.50. The Balaban J connectivity index is 1.32. The molecule has 1 heterocycles. The first kappa shape index (κ1) is 18.8. The molecular weight excluding hydrogens is 390 g/mol. The van der Waals surface area contributed by atoms with Crippen LogP contribution in [0.5, 0.6) is 0 Å². The zero-order chi connectivity index (χ0) is 20.5. The molecule has 0 atom stereocenters. The highest BCUT2D eigenvalue weighted by Crippen LogP contribution is 2.37. The number of benzene rings is 3. The fraction of sp³-hybridized carbons (Fsp3) is 0.160. The van der Waals surface area contributed by atoms with E-state index in [0.29, 0.717) is 12.3 Å². The zero-order valence-electron chi connectivity index (χ0n) is 16.7. The molecule has 5 rings (SSSR count). The van der Waals surface area contributed by atoms with Gasteiger partial charge in [-0.05, 0) is 47.2 Å². The summed E-state index contributed by atoms with van der Waals surface area (Å²) >= 11 is 1.45. The Kier molecular flexibility index (Phi) is 4.97. The summed E-state index contributed by atoms with van der Waals surface area (Å²) in [7, 11) is 0. The summed E-state index contributed by atoms with van der Waals surface area (Å²) in [6, 6.07) is 24.7. The number of hydrogen-bond donors (Lipinski definition) is 0. The van der Waals surface area contributed by atoms with Gasteiger partial charge in [-0.15, -0.1) is 10.2 Å². The number of aryl methyl sites for hydroxylation is 1. The molecule has 0 N–H and O–H groups in total. The summed E-state index contributed by atoms with van der Waals surface area (Å²) < 4.78 is 2.06. The summed E-state index contributed by atoms with van der Waals surface area (Å²) in [6.07, 6.45) is 0.941. The molecule has 0 amide bonds. The van der Waals surface area contributed by atoms with Crippen LogP contribution in [0.4, 0.5) is 0 Å². The molecule has 30 heavy (non-hydrogen) atoms. The second-order valence-electron chi connectivity index (χ2n) is 7.52. The minimum absolute atomic E-state index is 0.110. The fourth-order valence-electron chi connectivity index (χ4n) is 3.93. The van der Waals surface area contributed by atoms with E-state index in [1.165, 1.54) is 39.6 Å². The predicted octanol–water partition coefficient (Wildman–Crippen LogP) is 5.18. The van der Waals surface area contributed by atoms with Gasteiger partial charge in [-0.3, -0.25) is 4.79 Å². The first-order valence-corrected chi connectivity index (χ1v) is 11.0. The first-order chi connectivity index (χ1) is 14.7. The SMILES string of the molecule is Cc1nnc(SCC(=O)c2ccc3c(c2)-c2ccccc2C3)n1Cc1ccccc1. The van der Waals surface area contributed by atoms with Crippen molar-refractivity contribution in [2.75, 3.05) is 5.75 Å². The van der Waals surface area contributed by atoms with E-state index in [0.717, 1.165) is 23.0 Å². The molecule has 4 aromatic rings. The van der Waals surface area contributed by atoms with Gasteiger partial charge in [0.1, 0.15) is 5.82 Å². The summed E-state index contributed by atoms with van der Waals surface area (Å²) in [5.41, 5.74) is 6.99. The minimum Gasteiger partial charge on any atom is -0.302 e. The van der Waals surface area contributed by atoms with E-state index in [1.807, 2.05) is 37.3 Å². The predicted molar refractivity (Wildman–Crippen MR) is 120 cm³/mol. The van der Waals surface area contributed by atoms with Crippen molar-refractivity contribution in [3.63, 3.8) is 0 Å². The number of hydrogen-bond acceptors (Lipinski definition) is 4. The van der Waals surface area contributed by atoms with E-state index in [2.05, 4.69) is 57.2 Å². The highest BCUT2D eigenvalue weighted by atomic mass is 32.2. The number of thioether (sulfide) groups is 1. The number of nitrogens with zero attached hydrogens (tertiary/aromatic N) is 3. The Bertz CT molecular complexity index is 1230. The molecule has 0 unspecified atom stereocenters. The normalized spacial score (nSPS) is 11.9. The number of Topliss-reactive ketones (excluding diaryl/α,β-unsaturated/α-hetero) is 1. The van der Waals surface area contributed by atoms with Crippen LogP contribution in [-0.2, 0) is 13.0 Å². The van der Waals surface area contributed by atoms with Crippen molar-refractivity contribution >= 4 is 17.5 Å². The van der Waals surface area contributed by atoms with Crippen LogP contribution < -0.4 is 0 Å². The van der Waals surface area contributed by atoms with Crippen molar-refractivity contribution < 1.29 is 4.79 Å². The van der Waals surface area contributed by atoms with Gasteiger partial charge in [0.25, 0.3) is 0 Å². The highest BCUT2D eigenvalue weighted by Gasteiger charge is 2.20. The number of carbonyl (C=O) groups is 1. The molecule has 0 saturated heterocycles. The molecule has 0 bridgehead atoms. The maximum absolute atomic E-state index is 12.9. The van der Waals surface area contributed by atoms with Crippen molar-refractivity contribution in [3.8, 4) is 11.1 Å². The topological polar surface area (TPSA) is 47.8 Å². The van der Waals surface area contributed by atoms with Crippen LogP contribution in [0, 0.1) is 6.92 Å². The molecule has 3 aromatic carbocycles. The van der Waals surface area contributed by atoms with Gasteiger partial charge < -0.3 is 4.57 Å². The van der Waals surface area contributed by atoms with Gasteiger partial charge in [0.2, 0.25) is 0 Å². The monoisotopic (exact) mass is 411 g/mol. The lowest BCUT2D eigenvalue weighted by Crippen LogP contribution is -2.07. The molecule has 1 aromatic heterocycles. The Hall–Kier alpha value is -3.18. The van der Waals surface area contributed by atoms with Crippen LogP contribution in [0.2, 0.25) is 0 Å². The average Bonchev–Trinajstić information content (AvgIpc) is 3.32. The van der Waals surface area contributed by atoms with Gasteiger partial charge in [-0.25, -0.2) is 0 Å². The maximum Gasteiger partial charge on any atom is 0.191 e. The molecule has 1 aliphatic carbocycles. The quantitative estimate of drug-likeness (QED) is 0.285. The van der Waals surface area contributed by atoms with Gasteiger partial charge in [-0.1, -0.05) is 78.5 Å². The van der Waals surface area contributed by atoms with E-state index in [4.69, 9.17) is 0 Å². The van der Waals surface area contributed by atoms with Crippen LogP contribution in [-0.4, -0.2) is 26.3 Å². The van der Waals surface area contributed by atoms with Gasteiger partial charge in [0, 0.05) is 5.56 Å². The van der Waals surface area contributed by atoms with Crippen molar-refractivity contribution in [1.82, 2.24) is 14.8 Å². The van der Waals surface area contributed by atoms with Crippen LogP contribution in [0.25, 0.3) is 11.1 Å². The summed E-state index contributed by atoms with van der Waals surface area (Å²) in [6.45, 7) is 2.64. The second kappa shape index (κ2) is 7.92. The minimum atomic E-state index is 0.110. The molecular formula is C25H21N3OS. The third kappa shape index (κ3) is 3.57. The van der Waals surface area contributed by atoms with E-state index in [-0.39, 0.29) is 5.78 Å². The van der Waals surface area contributed by atoms with Gasteiger partial charge in [0.05, 0.1) is 12.3 Å². The third-order valence-electron chi connectivity index (χ3n) is 5.54. The first-order valence-electron chi connectivity index (χ1n) is 10.00. The van der Waals surface area contributed by atoms with Crippen LogP contribution in [0.1, 0.15) is 32.9 Å². The van der Waals surface area contributed by atoms with E-state index in [1.54, 1.807) is 0 Å². The van der Waals surface area contributed by atoms with Gasteiger partial charge in [-0.2, -0.15) is 0 Å². The molecule has 0 radical (unpaired) electrons. The molecule has 1 aliphatic rings. The fourth-order valence-corrected chi connectivity index (χ4v) is 4.80. The zero-order valence-corrected chi connectivity index (χ0v) is 17.5. The van der Waals surface area contributed by atoms with E-state index in [9.17, 15) is 4.79 Å². The Morgan fingerprint density at radius 1 is 0.933 bits per heavy atom. The van der Waals surface area contributed by atoms with Gasteiger partial charge >= 0.3 is 0 Å². The van der Waals surface area contributed by atoms with Crippen LogP contribution >= 0.6 is 11.8 Å². The van der Waals surface area contributed by atoms with Crippen LogP contribution in [0.15, 0.2) is 78.0 Å². The lowest BCUT2D eigenvalue weighted by molar-refractivity contribution is 0.102. The Morgan fingerprint density at radius 3 is 2.57 bits per heavy atom. The smallest absolute Gasteiger partial charge is 0.191 e. The lowest BCUT2D eigenvalue weighted by Gasteiger charge is -2.09. The number of aromatic nitrogens is 3. The summed E-state index contributed by atoms with van der Waals surface area (Å²) in [4.78, 5) is 12.9. The number of carbonyl (C=O) groups excluding carboxylic acids is 1. The second-order valence-corrected chi connectivity index (χ2v) is 8.46. The van der Waals surface area contributed by atoms with Crippen molar-refractivity contribution in [3.05, 3.63) is 101 Å².